The van der Waals surface area contributed by atoms with E-state index in [0.717, 1.165) is 33.2 Å². The van der Waals surface area contributed by atoms with Crippen LogP contribution in [0.3, 0.4) is 0 Å². The average Bonchev–Trinajstić information content (AvgIpc) is 3.16. The third kappa shape index (κ3) is 2.44. The minimum atomic E-state index is -0.0731. The molecule has 0 radical (unpaired) electrons. The normalized spacial score (nSPS) is 12.7. The fourth-order valence-electron chi connectivity index (χ4n) is 3.21. The zero-order valence-electron chi connectivity index (χ0n) is 12.9. The second-order valence-electron chi connectivity index (χ2n) is 5.93. The number of hydrogen-bond donors (Lipinski definition) is 1. The van der Waals surface area contributed by atoms with Gasteiger partial charge >= 0.3 is 0 Å². The largest absolute Gasteiger partial charge is 0.460 e. The fourth-order valence-corrected chi connectivity index (χ4v) is 3.21. The van der Waals surface area contributed by atoms with Crippen molar-refractivity contribution >= 4 is 27.7 Å². The minimum absolute atomic E-state index is 0.0731. The van der Waals surface area contributed by atoms with E-state index in [-0.39, 0.29) is 11.7 Å². The number of Topliss-reactive ketones (excluding diaryl/α,β-unsaturated/α-hetero) is 1. The lowest BCUT2D eigenvalue weighted by atomic mass is 9.91. The Morgan fingerprint density at radius 1 is 1.13 bits per heavy atom. The highest BCUT2D eigenvalue weighted by Crippen LogP contribution is 2.36. The summed E-state index contributed by atoms with van der Waals surface area (Å²) in [5.41, 5.74) is 3.04. The summed E-state index contributed by atoms with van der Waals surface area (Å²) in [6.45, 7) is 1.63. The van der Waals surface area contributed by atoms with Crippen LogP contribution in [0.1, 0.15) is 30.6 Å². The van der Waals surface area contributed by atoms with Crippen LogP contribution in [0.25, 0.3) is 21.9 Å². The summed E-state index contributed by atoms with van der Waals surface area (Å²) in [4.78, 5) is 15.1. The zero-order chi connectivity index (χ0) is 15.8. The van der Waals surface area contributed by atoms with E-state index in [0.29, 0.717) is 6.42 Å². The third-order valence-corrected chi connectivity index (χ3v) is 4.28. The van der Waals surface area contributed by atoms with Crippen LogP contribution in [-0.4, -0.2) is 10.8 Å². The first-order chi connectivity index (χ1) is 11.2. The predicted molar refractivity (Wildman–Crippen MR) is 91.7 cm³/mol. The van der Waals surface area contributed by atoms with Gasteiger partial charge in [0.15, 0.2) is 0 Å². The summed E-state index contributed by atoms with van der Waals surface area (Å²) < 4.78 is 6.04. The van der Waals surface area contributed by atoms with Crippen molar-refractivity contribution in [3.05, 3.63) is 72.1 Å². The number of nitrogens with one attached hydrogen (secondary N) is 1. The van der Waals surface area contributed by atoms with Gasteiger partial charge in [0.1, 0.15) is 17.1 Å². The van der Waals surface area contributed by atoms with Gasteiger partial charge in [-0.25, -0.2) is 0 Å². The number of benzene rings is 2. The molecular weight excluding hydrogens is 286 g/mol. The number of H-pyrrole nitrogens is 1. The molecule has 3 heteroatoms. The van der Waals surface area contributed by atoms with E-state index < -0.39 is 0 Å². The summed E-state index contributed by atoms with van der Waals surface area (Å²) in [6.07, 6.45) is 2.42. The van der Waals surface area contributed by atoms with E-state index in [9.17, 15) is 4.79 Å². The highest BCUT2D eigenvalue weighted by Gasteiger charge is 2.23. The van der Waals surface area contributed by atoms with Crippen molar-refractivity contribution in [1.29, 1.82) is 0 Å². The smallest absolute Gasteiger partial charge is 0.134 e. The van der Waals surface area contributed by atoms with Crippen LogP contribution in [0.4, 0.5) is 0 Å². The lowest BCUT2D eigenvalue weighted by molar-refractivity contribution is -0.117. The molecule has 0 amide bonds. The maximum atomic E-state index is 11.8. The van der Waals surface area contributed by atoms with Gasteiger partial charge in [0, 0.05) is 28.9 Å². The molecule has 1 atom stereocenters. The van der Waals surface area contributed by atoms with Crippen LogP contribution in [0.5, 0.6) is 0 Å². The molecular formula is C20H17NO2. The van der Waals surface area contributed by atoms with Crippen molar-refractivity contribution in [3.63, 3.8) is 0 Å². The molecule has 4 aromatic rings. The van der Waals surface area contributed by atoms with Crippen molar-refractivity contribution < 1.29 is 9.21 Å². The molecule has 1 N–H and O–H groups in total. The highest BCUT2D eigenvalue weighted by molar-refractivity contribution is 5.86. The highest BCUT2D eigenvalue weighted by atomic mass is 16.3. The van der Waals surface area contributed by atoms with Crippen LogP contribution in [-0.2, 0) is 4.79 Å². The number of carbonyl (C=O) groups excluding carboxylic acids is 1. The molecule has 0 unspecified atom stereocenters. The quantitative estimate of drug-likeness (QED) is 0.575. The molecule has 0 saturated heterocycles. The third-order valence-electron chi connectivity index (χ3n) is 4.28. The molecule has 0 aliphatic rings. The predicted octanol–water partition coefficient (Wildman–Crippen LogP) is 5.03. The topological polar surface area (TPSA) is 46.0 Å². The first-order valence-electron chi connectivity index (χ1n) is 7.76. The first-order valence-corrected chi connectivity index (χ1v) is 7.76. The van der Waals surface area contributed by atoms with Gasteiger partial charge in [-0.1, -0.05) is 36.4 Å². The molecule has 2 heterocycles. The second kappa shape index (κ2) is 5.43. The van der Waals surface area contributed by atoms with Gasteiger partial charge in [-0.3, -0.25) is 4.79 Å². The maximum absolute atomic E-state index is 11.8. The van der Waals surface area contributed by atoms with E-state index in [4.69, 9.17) is 4.42 Å². The number of aromatic nitrogens is 1. The number of para-hydroxylation sites is 2. The van der Waals surface area contributed by atoms with Crippen LogP contribution < -0.4 is 0 Å². The van der Waals surface area contributed by atoms with Gasteiger partial charge in [0.2, 0.25) is 0 Å². The molecule has 3 nitrogen and oxygen atoms in total. The SMILES string of the molecule is CC(=O)C[C@@H](c1cc2ccccc2o1)c1c[nH]c2ccccc12. The Bertz CT molecular complexity index is 960. The van der Waals surface area contributed by atoms with Gasteiger partial charge in [-0.15, -0.1) is 0 Å². The number of ketones is 1. The lowest BCUT2D eigenvalue weighted by Gasteiger charge is -2.12. The number of aromatic amines is 1. The van der Waals surface area contributed by atoms with E-state index >= 15 is 0 Å². The Kier molecular flexibility index (Phi) is 3.27. The first kappa shape index (κ1) is 13.8. The molecule has 0 aliphatic heterocycles. The summed E-state index contributed by atoms with van der Waals surface area (Å²) in [7, 11) is 0. The number of fused-ring (bicyclic) bond motifs is 2. The van der Waals surface area contributed by atoms with Crippen molar-refractivity contribution in [2.45, 2.75) is 19.3 Å². The van der Waals surface area contributed by atoms with Crippen molar-refractivity contribution in [2.75, 3.05) is 0 Å². The number of hydrogen-bond acceptors (Lipinski definition) is 2. The number of furan rings is 1. The van der Waals surface area contributed by atoms with Gasteiger partial charge in [-0.2, -0.15) is 0 Å². The summed E-state index contributed by atoms with van der Waals surface area (Å²) in [5.74, 6) is 0.919. The minimum Gasteiger partial charge on any atom is -0.460 e. The van der Waals surface area contributed by atoms with Gasteiger partial charge in [0.05, 0.1) is 5.92 Å². The molecule has 4 rings (SSSR count). The molecule has 0 saturated carbocycles. The van der Waals surface area contributed by atoms with E-state index in [2.05, 4.69) is 11.1 Å². The fraction of sp³-hybridized carbons (Fsp3) is 0.150. The summed E-state index contributed by atoms with van der Waals surface area (Å²) in [6, 6.07) is 18.1. The molecule has 0 spiro atoms. The van der Waals surface area contributed by atoms with Crippen molar-refractivity contribution in [2.24, 2.45) is 0 Å². The Morgan fingerprint density at radius 2 is 1.91 bits per heavy atom. The van der Waals surface area contributed by atoms with Gasteiger partial charge < -0.3 is 9.40 Å². The van der Waals surface area contributed by atoms with E-state index in [1.165, 1.54) is 0 Å². The van der Waals surface area contributed by atoms with Gasteiger partial charge in [-0.05, 0) is 30.7 Å². The molecule has 0 aliphatic carbocycles. The molecule has 0 fully saturated rings. The van der Waals surface area contributed by atoms with Crippen LogP contribution in [0.2, 0.25) is 0 Å². The number of carbonyl (C=O) groups is 1. The maximum Gasteiger partial charge on any atom is 0.134 e. The van der Waals surface area contributed by atoms with Crippen molar-refractivity contribution in [3.8, 4) is 0 Å². The summed E-state index contributed by atoms with van der Waals surface area (Å²) in [5, 5.41) is 2.20. The van der Waals surface area contributed by atoms with Crippen LogP contribution in [0.15, 0.2) is 65.2 Å². The molecule has 2 aromatic carbocycles. The number of rotatable bonds is 4. The lowest BCUT2D eigenvalue weighted by Crippen LogP contribution is -2.04. The average molecular weight is 303 g/mol. The van der Waals surface area contributed by atoms with Crippen molar-refractivity contribution in [1.82, 2.24) is 4.98 Å². The Hall–Kier alpha value is -2.81. The monoisotopic (exact) mass is 303 g/mol. The van der Waals surface area contributed by atoms with Crippen LogP contribution >= 0.6 is 0 Å². The van der Waals surface area contributed by atoms with Gasteiger partial charge in [0.25, 0.3) is 0 Å². The molecule has 0 bridgehead atoms. The zero-order valence-corrected chi connectivity index (χ0v) is 12.9. The van der Waals surface area contributed by atoms with E-state index in [1.807, 2.05) is 54.7 Å². The summed E-state index contributed by atoms with van der Waals surface area (Å²) >= 11 is 0. The van der Waals surface area contributed by atoms with E-state index in [1.54, 1.807) is 6.92 Å². The standard InChI is InChI=1S/C20H17NO2/c1-13(22)10-16(17-12-21-18-8-4-3-7-15(17)18)20-11-14-6-2-5-9-19(14)23-20/h2-9,11-12,16,21H,10H2,1H3/t16-/m1/s1. The molecule has 114 valence electrons. The Balaban J connectivity index is 1.88. The Labute approximate surface area is 133 Å². The molecule has 23 heavy (non-hydrogen) atoms. The van der Waals surface area contributed by atoms with Crippen LogP contribution in [0, 0.1) is 0 Å². The Morgan fingerprint density at radius 3 is 2.74 bits per heavy atom. The molecule has 2 aromatic heterocycles. The second-order valence-corrected chi connectivity index (χ2v) is 5.93.